The maximum Gasteiger partial charge on any atom is 0.216 e. The molecule has 1 heterocycles. The summed E-state index contributed by atoms with van der Waals surface area (Å²) >= 11 is 0. The number of hydrogen-bond donors (Lipinski definition) is 0. The minimum atomic E-state index is -0.465. The first kappa shape index (κ1) is 17.8. The molecule has 3 nitrogen and oxygen atoms in total. The van der Waals surface area contributed by atoms with Gasteiger partial charge in [0.05, 0.1) is 13.2 Å². The van der Waals surface area contributed by atoms with E-state index in [4.69, 9.17) is 14.5 Å². The maximum absolute atomic E-state index is 5.92. The summed E-state index contributed by atoms with van der Waals surface area (Å²) < 4.78 is 11.1. The average Bonchev–Trinajstić information content (AvgIpc) is 3.22. The molecule has 0 aliphatic carbocycles. The highest BCUT2D eigenvalue weighted by Gasteiger charge is 2.25. The van der Waals surface area contributed by atoms with Crippen LogP contribution in [0.3, 0.4) is 0 Å². The first-order valence-electron chi connectivity index (χ1n) is 9.06. The molecule has 3 aromatic rings. The van der Waals surface area contributed by atoms with Gasteiger partial charge in [-0.25, -0.2) is 4.99 Å². The summed E-state index contributed by atoms with van der Waals surface area (Å²) in [4.78, 5) is 4.87. The Morgan fingerprint density at radius 2 is 1.48 bits per heavy atom. The number of nitrogens with zero attached hydrogens (tertiary/aromatic N) is 1. The van der Waals surface area contributed by atoms with Crippen molar-refractivity contribution in [1.29, 1.82) is 0 Å². The van der Waals surface area contributed by atoms with E-state index >= 15 is 0 Å². The van der Waals surface area contributed by atoms with Crippen molar-refractivity contribution in [2.24, 2.45) is 4.99 Å². The third-order valence-electron chi connectivity index (χ3n) is 4.58. The molecule has 1 aliphatic rings. The van der Waals surface area contributed by atoms with Crippen LogP contribution in [0.15, 0.2) is 89.9 Å². The minimum absolute atomic E-state index is 0.175. The summed E-state index contributed by atoms with van der Waals surface area (Å²) in [5.41, 5.74) is 1.00. The quantitative estimate of drug-likeness (QED) is 0.611. The molecular formula is C23H22NO2P. The minimum Gasteiger partial charge on any atom is -0.497 e. The van der Waals surface area contributed by atoms with Gasteiger partial charge in [-0.1, -0.05) is 60.7 Å². The van der Waals surface area contributed by atoms with Crippen molar-refractivity contribution in [2.75, 3.05) is 19.9 Å². The third kappa shape index (κ3) is 4.20. The largest absolute Gasteiger partial charge is 0.497 e. The Morgan fingerprint density at radius 3 is 2.04 bits per heavy atom. The zero-order valence-electron chi connectivity index (χ0n) is 15.3. The van der Waals surface area contributed by atoms with Gasteiger partial charge in [-0.05, 0) is 42.8 Å². The fourth-order valence-electron chi connectivity index (χ4n) is 3.19. The normalized spacial score (nSPS) is 16.1. The van der Waals surface area contributed by atoms with Crippen LogP contribution in [-0.4, -0.2) is 31.8 Å². The highest BCUT2D eigenvalue weighted by molar-refractivity contribution is 7.73. The molecule has 0 N–H and O–H groups in total. The molecule has 1 atom stereocenters. The number of aliphatic imine (C=N–C) groups is 1. The van der Waals surface area contributed by atoms with Crippen LogP contribution >= 0.6 is 7.92 Å². The lowest BCUT2D eigenvalue weighted by molar-refractivity contribution is 0.325. The second kappa shape index (κ2) is 8.37. The topological polar surface area (TPSA) is 30.8 Å². The van der Waals surface area contributed by atoms with Gasteiger partial charge in [0.15, 0.2) is 0 Å². The molecule has 0 spiro atoms. The van der Waals surface area contributed by atoms with Gasteiger partial charge in [0.25, 0.3) is 0 Å². The molecule has 0 fully saturated rings. The molecule has 0 amide bonds. The fourth-order valence-corrected chi connectivity index (χ4v) is 5.58. The van der Waals surface area contributed by atoms with Gasteiger partial charge >= 0.3 is 0 Å². The molecule has 27 heavy (non-hydrogen) atoms. The van der Waals surface area contributed by atoms with Crippen molar-refractivity contribution >= 4 is 24.4 Å². The van der Waals surface area contributed by atoms with Crippen LogP contribution in [0.25, 0.3) is 0 Å². The smallest absolute Gasteiger partial charge is 0.216 e. The predicted molar refractivity (Wildman–Crippen MR) is 113 cm³/mol. The van der Waals surface area contributed by atoms with Gasteiger partial charge in [-0.3, -0.25) is 0 Å². The van der Waals surface area contributed by atoms with E-state index in [2.05, 4.69) is 60.7 Å². The average molecular weight is 375 g/mol. The molecule has 3 aromatic carbocycles. The van der Waals surface area contributed by atoms with Gasteiger partial charge in [-0.15, -0.1) is 0 Å². The molecule has 0 saturated heterocycles. The van der Waals surface area contributed by atoms with Crippen molar-refractivity contribution in [3.63, 3.8) is 0 Å². The fraction of sp³-hybridized carbons (Fsp3) is 0.174. The van der Waals surface area contributed by atoms with E-state index in [0.29, 0.717) is 6.61 Å². The molecule has 0 radical (unpaired) electrons. The molecule has 0 aromatic heterocycles. The van der Waals surface area contributed by atoms with Gasteiger partial charge < -0.3 is 9.47 Å². The highest BCUT2D eigenvalue weighted by Crippen LogP contribution is 2.36. The molecule has 136 valence electrons. The van der Waals surface area contributed by atoms with Crippen LogP contribution in [0.2, 0.25) is 0 Å². The Morgan fingerprint density at radius 1 is 0.889 bits per heavy atom. The number of hydrogen-bond acceptors (Lipinski definition) is 3. The molecule has 4 rings (SSSR count). The SMILES string of the molecule is COc1ccc(C2=N[C@H](CP(c3ccccc3)c3ccccc3)CO2)cc1. The van der Waals surface area contributed by atoms with Crippen molar-refractivity contribution in [3.05, 3.63) is 90.5 Å². The second-order valence-electron chi connectivity index (χ2n) is 6.41. The van der Waals surface area contributed by atoms with Crippen LogP contribution in [0.4, 0.5) is 0 Å². The molecule has 4 heteroatoms. The van der Waals surface area contributed by atoms with Gasteiger partial charge in [0, 0.05) is 11.7 Å². The summed E-state index contributed by atoms with van der Waals surface area (Å²) in [6.07, 6.45) is 0.989. The molecule has 1 aliphatic heterocycles. The number of methoxy groups -OCH3 is 1. The first-order chi connectivity index (χ1) is 13.3. The van der Waals surface area contributed by atoms with Crippen LogP contribution in [-0.2, 0) is 4.74 Å². The van der Waals surface area contributed by atoms with Crippen LogP contribution < -0.4 is 15.3 Å². The van der Waals surface area contributed by atoms with E-state index in [1.807, 2.05) is 24.3 Å². The van der Waals surface area contributed by atoms with E-state index < -0.39 is 7.92 Å². The Labute approximate surface area is 161 Å². The summed E-state index contributed by atoms with van der Waals surface area (Å²) in [7, 11) is 1.21. The monoisotopic (exact) mass is 375 g/mol. The van der Waals surface area contributed by atoms with E-state index in [0.717, 1.165) is 23.4 Å². The predicted octanol–water partition coefficient (Wildman–Crippen LogP) is 3.97. The van der Waals surface area contributed by atoms with Crippen LogP contribution in [0.5, 0.6) is 5.75 Å². The Hall–Kier alpha value is -2.64. The molecular weight excluding hydrogens is 353 g/mol. The number of benzene rings is 3. The van der Waals surface area contributed by atoms with E-state index in [9.17, 15) is 0 Å². The van der Waals surface area contributed by atoms with Crippen molar-refractivity contribution in [3.8, 4) is 5.75 Å². The van der Waals surface area contributed by atoms with Crippen LogP contribution in [0, 0.1) is 0 Å². The Balaban J connectivity index is 1.56. The standard InChI is InChI=1S/C23H22NO2P/c1-25-20-14-12-18(13-15-20)23-24-19(16-26-23)17-27(21-8-4-2-5-9-21)22-10-6-3-7-11-22/h2-15,19H,16-17H2,1H3/t19-/m0/s1. The molecule has 0 bridgehead atoms. The lowest BCUT2D eigenvalue weighted by Gasteiger charge is -2.20. The molecule has 0 unspecified atom stereocenters. The first-order valence-corrected chi connectivity index (χ1v) is 10.6. The lowest BCUT2D eigenvalue weighted by Crippen LogP contribution is -2.21. The zero-order chi connectivity index (χ0) is 18.5. The highest BCUT2D eigenvalue weighted by atomic mass is 31.1. The summed E-state index contributed by atoms with van der Waals surface area (Å²) in [5.74, 6) is 1.57. The van der Waals surface area contributed by atoms with Crippen molar-refractivity contribution < 1.29 is 9.47 Å². The Kier molecular flexibility index (Phi) is 5.50. The number of ether oxygens (including phenoxy) is 2. The van der Waals surface area contributed by atoms with E-state index in [1.54, 1.807) is 7.11 Å². The van der Waals surface area contributed by atoms with Crippen molar-refractivity contribution in [2.45, 2.75) is 6.04 Å². The Bertz CT molecular complexity index is 855. The van der Waals surface area contributed by atoms with Gasteiger partial charge in [0.1, 0.15) is 12.4 Å². The lowest BCUT2D eigenvalue weighted by atomic mass is 10.2. The third-order valence-corrected chi connectivity index (χ3v) is 7.21. The van der Waals surface area contributed by atoms with Gasteiger partial charge in [-0.2, -0.15) is 0 Å². The zero-order valence-corrected chi connectivity index (χ0v) is 16.2. The second-order valence-corrected chi connectivity index (χ2v) is 8.66. The van der Waals surface area contributed by atoms with E-state index in [-0.39, 0.29) is 6.04 Å². The summed E-state index contributed by atoms with van der Waals surface area (Å²) in [6, 6.07) is 29.6. The van der Waals surface area contributed by atoms with Crippen molar-refractivity contribution in [1.82, 2.24) is 0 Å². The molecule has 0 saturated carbocycles. The maximum atomic E-state index is 5.92. The van der Waals surface area contributed by atoms with Crippen LogP contribution in [0.1, 0.15) is 5.56 Å². The summed E-state index contributed by atoms with van der Waals surface area (Å²) in [6.45, 7) is 0.639. The summed E-state index contributed by atoms with van der Waals surface area (Å²) in [5, 5.41) is 2.76. The van der Waals surface area contributed by atoms with E-state index in [1.165, 1.54) is 10.6 Å². The van der Waals surface area contributed by atoms with Gasteiger partial charge in [0.2, 0.25) is 5.90 Å². The number of rotatable bonds is 6.